The molecule has 1 aliphatic carbocycles. The monoisotopic (exact) mass is 236 g/mol. The fraction of sp³-hybridized carbons (Fsp3) is 0.786. The van der Waals surface area contributed by atoms with E-state index in [1.54, 1.807) is 0 Å². The van der Waals surface area contributed by atoms with Crippen molar-refractivity contribution in [3.63, 3.8) is 0 Å². The van der Waals surface area contributed by atoms with Crippen LogP contribution in [0, 0.1) is 5.92 Å². The van der Waals surface area contributed by atoms with Crippen molar-refractivity contribution in [2.45, 2.75) is 57.5 Å². The second-order valence-electron chi connectivity index (χ2n) is 5.59. The molecule has 0 aliphatic heterocycles. The Bertz CT molecular complexity index is 361. The van der Waals surface area contributed by atoms with E-state index in [2.05, 4.69) is 12.0 Å². The van der Waals surface area contributed by atoms with Gasteiger partial charge in [-0.15, -0.1) is 0 Å². The van der Waals surface area contributed by atoms with Gasteiger partial charge in [-0.2, -0.15) is 5.10 Å². The van der Waals surface area contributed by atoms with Crippen LogP contribution in [0.15, 0.2) is 12.3 Å². The summed E-state index contributed by atoms with van der Waals surface area (Å²) in [5.74, 6) is 0.813. The van der Waals surface area contributed by atoms with E-state index >= 15 is 0 Å². The zero-order valence-electron chi connectivity index (χ0n) is 11.0. The first kappa shape index (κ1) is 12.6. The van der Waals surface area contributed by atoms with Gasteiger partial charge in [0.25, 0.3) is 0 Å². The van der Waals surface area contributed by atoms with Crippen LogP contribution in [0.2, 0.25) is 0 Å². The van der Waals surface area contributed by atoms with Gasteiger partial charge >= 0.3 is 0 Å². The van der Waals surface area contributed by atoms with Crippen LogP contribution in [-0.4, -0.2) is 20.5 Å². The zero-order chi connectivity index (χ0) is 12.3. The molecular weight excluding hydrogens is 212 g/mol. The minimum absolute atomic E-state index is 0.516. The molecule has 0 amide bonds. The van der Waals surface area contributed by atoms with Crippen molar-refractivity contribution in [3.05, 3.63) is 18.0 Å². The Kier molecular flexibility index (Phi) is 3.87. The molecule has 0 bridgehead atoms. The van der Waals surface area contributed by atoms with Crippen molar-refractivity contribution in [3.8, 4) is 0 Å². The van der Waals surface area contributed by atoms with Crippen molar-refractivity contribution < 1.29 is 5.11 Å². The second kappa shape index (κ2) is 5.21. The van der Waals surface area contributed by atoms with Crippen LogP contribution in [0.25, 0.3) is 0 Å². The first-order chi connectivity index (χ1) is 8.11. The topological polar surface area (TPSA) is 38.0 Å². The number of aromatic nitrogens is 2. The van der Waals surface area contributed by atoms with Crippen LogP contribution in [0.4, 0.5) is 0 Å². The summed E-state index contributed by atoms with van der Waals surface area (Å²) in [6.07, 6.45) is 9.37. The SMILES string of the molecule is CCC1CCCC(O)(Cc2ccn(C)n2)CC1. The Labute approximate surface area is 104 Å². The molecule has 1 saturated carbocycles. The van der Waals surface area contributed by atoms with E-state index in [4.69, 9.17) is 0 Å². The molecule has 1 aromatic heterocycles. The molecule has 17 heavy (non-hydrogen) atoms. The fourth-order valence-electron chi connectivity index (χ4n) is 2.94. The molecule has 0 saturated heterocycles. The first-order valence-electron chi connectivity index (χ1n) is 6.82. The van der Waals surface area contributed by atoms with Crippen molar-refractivity contribution in [2.75, 3.05) is 0 Å². The minimum atomic E-state index is -0.516. The number of hydrogen-bond donors (Lipinski definition) is 1. The highest BCUT2D eigenvalue weighted by molar-refractivity contribution is 5.04. The lowest BCUT2D eigenvalue weighted by atomic mass is 9.89. The van der Waals surface area contributed by atoms with Gasteiger partial charge in [0.1, 0.15) is 0 Å². The maximum Gasteiger partial charge on any atom is 0.0703 e. The van der Waals surface area contributed by atoms with Gasteiger partial charge in [0.15, 0.2) is 0 Å². The Morgan fingerprint density at radius 3 is 2.94 bits per heavy atom. The van der Waals surface area contributed by atoms with Gasteiger partial charge in [-0.25, -0.2) is 0 Å². The van der Waals surface area contributed by atoms with E-state index in [0.29, 0.717) is 6.42 Å². The fourth-order valence-corrected chi connectivity index (χ4v) is 2.94. The van der Waals surface area contributed by atoms with E-state index in [-0.39, 0.29) is 0 Å². The van der Waals surface area contributed by atoms with Gasteiger partial charge in [-0.05, 0) is 31.2 Å². The summed E-state index contributed by atoms with van der Waals surface area (Å²) < 4.78 is 1.81. The maximum absolute atomic E-state index is 10.7. The molecule has 0 spiro atoms. The summed E-state index contributed by atoms with van der Waals surface area (Å²) in [4.78, 5) is 0. The third-order valence-electron chi connectivity index (χ3n) is 4.13. The summed E-state index contributed by atoms with van der Waals surface area (Å²) in [5.41, 5.74) is 0.503. The first-order valence-corrected chi connectivity index (χ1v) is 6.82. The van der Waals surface area contributed by atoms with Gasteiger partial charge < -0.3 is 5.11 Å². The van der Waals surface area contributed by atoms with Gasteiger partial charge in [-0.3, -0.25) is 4.68 Å². The van der Waals surface area contributed by atoms with Crippen LogP contribution < -0.4 is 0 Å². The van der Waals surface area contributed by atoms with Crippen LogP contribution >= 0.6 is 0 Å². The number of nitrogens with zero attached hydrogens (tertiary/aromatic N) is 2. The molecule has 0 aromatic carbocycles. The van der Waals surface area contributed by atoms with E-state index in [1.165, 1.54) is 19.3 Å². The number of rotatable bonds is 3. The summed E-state index contributed by atoms with van der Waals surface area (Å²) in [5, 5.41) is 15.1. The number of aliphatic hydroxyl groups is 1. The van der Waals surface area contributed by atoms with Crippen molar-refractivity contribution >= 4 is 0 Å². The maximum atomic E-state index is 10.7. The molecule has 1 aliphatic rings. The van der Waals surface area contributed by atoms with Gasteiger partial charge in [-0.1, -0.05) is 26.2 Å². The summed E-state index contributed by atoms with van der Waals surface area (Å²) in [7, 11) is 1.92. The molecule has 3 heteroatoms. The van der Waals surface area contributed by atoms with Crippen LogP contribution in [0.3, 0.4) is 0 Å². The van der Waals surface area contributed by atoms with Gasteiger partial charge in [0, 0.05) is 19.7 Å². The summed E-state index contributed by atoms with van der Waals surface area (Å²) in [6, 6.07) is 2.01. The molecule has 1 N–H and O–H groups in total. The normalized spacial score (nSPS) is 30.2. The summed E-state index contributed by atoms with van der Waals surface area (Å²) >= 11 is 0. The second-order valence-corrected chi connectivity index (χ2v) is 5.59. The van der Waals surface area contributed by atoms with E-state index in [1.807, 2.05) is 24.0 Å². The Morgan fingerprint density at radius 1 is 1.47 bits per heavy atom. The number of aryl methyl sites for hydroxylation is 1. The molecule has 2 unspecified atom stereocenters. The van der Waals surface area contributed by atoms with E-state index in [9.17, 15) is 5.11 Å². The lowest BCUT2D eigenvalue weighted by Crippen LogP contribution is -2.31. The quantitative estimate of drug-likeness (QED) is 0.819. The van der Waals surface area contributed by atoms with Gasteiger partial charge in [0.05, 0.1) is 11.3 Å². The summed E-state index contributed by atoms with van der Waals surface area (Å²) in [6.45, 7) is 2.26. The Morgan fingerprint density at radius 2 is 2.29 bits per heavy atom. The van der Waals surface area contributed by atoms with Crippen molar-refractivity contribution in [2.24, 2.45) is 13.0 Å². The van der Waals surface area contributed by atoms with E-state index < -0.39 is 5.60 Å². The average molecular weight is 236 g/mol. The molecule has 3 nitrogen and oxygen atoms in total. The molecule has 2 rings (SSSR count). The minimum Gasteiger partial charge on any atom is -0.389 e. The third-order valence-corrected chi connectivity index (χ3v) is 4.13. The molecule has 96 valence electrons. The predicted octanol–water partition coefficient (Wildman–Crippen LogP) is 2.68. The number of hydrogen-bond acceptors (Lipinski definition) is 2. The van der Waals surface area contributed by atoms with Crippen LogP contribution in [0.5, 0.6) is 0 Å². The van der Waals surface area contributed by atoms with Crippen molar-refractivity contribution in [1.82, 2.24) is 9.78 Å². The smallest absolute Gasteiger partial charge is 0.0703 e. The molecule has 0 radical (unpaired) electrons. The average Bonchev–Trinajstić information content (AvgIpc) is 2.59. The highest BCUT2D eigenvalue weighted by atomic mass is 16.3. The lowest BCUT2D eigenvalue weighted by molar-refractivity contribution is 0.0232. The molecule has 2 atom stereocenters. The van der Waals surface area contributed by atoms with E-state index in [0.717, 1.165) is 30.9 Å². The molecular formula is C14H24N2O. The van der Waals surface area contributed by atoms with Crippen LogP contribution in [-0.2, 0) is 13.5 Å². The molecule has 1 heterocycles. The van der Waals surface area contributed by atoms with Crippen molar-refractivity contribution in [1.29, 1.82) is 0 Å². The Balaban J connectivity index is 1.98. The Hall–Kier alpha value is -0.830. The third kappa shape index (κ3) is 3.32. The van der Waals surface area contributed by atoms with Crippen LogP contribution in [0.1, 0.15) is 51.1 Å². The molecule has 1 fully saturated rings. The highest BCUT2D eigenvalue weighted by Gasteiger charge is 2.31. The van der Waals surface area contributed by atoms with Gasteiger partial charge in [0.2, 0.25) is 0 Å². The largest absolute Gasteiger partial charge is 0.389 e. The standard InChI is InChI=1S/C14H24N2O/c1-3-12-5-4-8-14(17,9-6-12)11-13-7-10-16(2)15-13/h7,10,12,17H,3-6,8-9,11H2,1-2H3. The predicted molar refractivity (Wildman–Crippen MR) is 68.7 cm³/mol. The lowest BCUT2D eigenvalue weighted by Gasteiger charge is -2.25. The molecule has 1 aromatic rings. The zero-order valence-corrected chi connectivity index (χ0v) is 11.0. The highest BCUT2D eigenvalue weighted by Crippen LogP contribution is 2.33.